The molecule has 7 nitrogen and oxygen atoms in total. The molecule has 2 aliphatic carbocycles. The second kappa shape index (κ2) is 7.62. The van der Waals surface area contributed by atoms with Crippen molar-refractivity contribution in [2.45, 2.75) is 68.3 Å². The molecule has 2 aliphatic rings. The van der Waals surface area contributed by atoms with Crippen LogP contribution < -0.4 is 9.46 Å². The van der Waals surface area contributed by atoms with Crippen molar-refractivity contribution in [3.8, 4) is 5.75 Å². The first kappa shape index (κ1) is 21.0. The van der Waals surface area contributed by atoms with Crippen LogP contribution in [0.3, 0.4) is 0 Å². The predicted molar refractivity (Wildman–Crippen MR) is 121 cm³/mol. The zero-order valence-electron chi connectivity index (χ0n) is 18.2. The molecule has 1 aromatic carbocycles. The number of aromatic nitrogens is 2. The number of ether oxygens (including phenoxy) is 1. The zero-order valence-corrected chi connectivity index (χ0v) is 19.0. The third-order valence-corrected chi connectivity index (χ3v) is 7.94. The van der Waals surface area contributed by atoms with Gasteiger partial charge in [0.2, 0.25) is 5.91 Å². The molecule has 168 valence electrons. The Bertz CT molecular complexity index is 1290. The number of carbonyl (C=O) groups excluding carboxylic acids is 1. The number of hydrogen-bond acceptors (Lipinski definition) is 5. The summed E-state index contributed by atoms with van der Waals surface area (Å²) in [6.07, 6.45) is 7.81. The molecule has 0 atom stereocenters. The molecular weight excluding hydrogens is 426 g/mol. The Balaban J connectivity index is 1.49. The van der Waals surface area contributed by atoms with Gasteiger partial charge in [-0.05, 0) is 63.8 Å². The van der Waals surface area contributed by atoms with Crippen molar-refractivity contribution in [2.75, 3.05) is 0 Å². The normalized spacial score (nSPS) is 17.8. The minimum Gasteiger partial charge on any atom is -0.489 e. The van der Waals surface area contributed by atoms with E-state index >= 15 is 0 Å². The van der Waals surface area contributed by atoms with E-state index in [1.807, 2.05) is 19.9 Å². The highest BCUT2D eigenvalue weighted by Crippen LogP contribution is 2.52. The molecule has 2 N–H and O–H groups in total. The molecule has 0 saturated heterocycles. The van der Waals surface area contributed by atoms with Crippen LogP contribution in [0.2, 0.25) is 0 Å². The summed E-state index contributed by atoms with van der Waals surface area (Å²) in [5.74, 6) is 0.445. The van der Waals surface area contributed by atoms with E-state index in [2.05, 4.69) is 14.7 Å². The molecular formula is C24H27N3O4S. The van der Waals surface area contributed by atoms with Gasteiger partial charge >= 0.3 is 0 Å². The summed E-state index contributed by atoms with van der Waals surface area (Å²) >= 11 is 0. The van der Waals surface area contributed by atoms with E-state index in [4.69, 9.17) is 4.74 Å². The lowest BCUT2D eigenvalue weighted by atomic mass is 9.81. The van der Waals surface area contributed by atoms with Gasteiger partial charge < -0.3 is 9.72 Å². The number of nitrogens with one attached hydrogen (secondary N) is 2. The first-order chi connectivity index (χ1) is 15.3. The average Bonchev–Trinajstić information content (AvgIpc) is 3.37. The van der Waals surface area contributed by atoms with Gasteiger partial charge in [0.15, 0.2) is 0 Å². The van der Waals surface area contributed by atoms with Crippen LogP contribution in [0.15, 0.2) is 47.6 Å². The minimum atomic E-state index is -4.04. The molecule has 0 spiro atoms. The van der Waals surface area contributed by atoms with Crippen LogP contribution in [0.4, 0.5) is 0 Å². The third-order valence-electron chi connectivity index (χ3n) is 6.55. The number of pyridine rings is 1. The van der Waals surface area contributed by atoms with Crippen LogP contribution in [0.1, 0.15) is 63.1 Å². The van der Waals surface area contributed by atoms with E-state index in [-0.39, 0.29) is 11.0 Å². The van der Waals surface area contributed by atoms with E-state index < -0.39 is 21.3 Å². The Morgan fingerprint density at radius 1 is 1.25 bits per heavy atom. The summed E-state index contributed by atoms with van der Waals surface area (Å²) in [6.45, 7) is 3.84. The summed E-state index contributed by atoms with van der Waals surface area (Å²) in [5, 5.41) is 0.553. The lowest BCUT2D eigenvalue weighted by molar-refractivity contribution is -0.121. The minimum absolute atomic E-state index is 0.0844. The molecule has 2 saturated carbocycles. The van der Waals surface area contributed by atoms with Gasteiger partial charge in [0, 0.05) is 34.3 Å². The van der Waals surface area contributed by atoms with Crippen molar-refractivity contribution in [1.82, 2.24) is 14.7 Å². The number of aromatic amines is 1. The molecule has 0 bridgehead atoms. The predicted octanol–water partition coefficient (Wildman–Crippen LogP) is 4.15. The smallest absolute Gasteiger partial charge is 0.264 e. The van der Waals surface area contributed by atoms with Crippen molar-refractivity contribution in [3.05, 3.63) is 54.0 Å². The zero-order chi connectivity index (χ0) is 22.5. The van der Waals surface area contributed by atoms with Gasteiger partial charge in [-0.25, -0.2) is 13.1 Å². The summed E-state index contributed by atoms with van der Waals surface area (Å²) in [6, 6.07) is 8.64. The molecule has 0 radical (unpaired) electrons. The van der Waals surface area contributed by atoms with Crippen molar-refractivity contribution in [3.63, 3.8) is 0 Å². The van der Waals surface area contributed by atoms with Crippen LogP contribution >= 0.6 is 0 Å². The Kier molecular flexibility index (Phi) is 5.00. The molecule has 2 fully saturated rings. The van der Waals surface area contributed by atoms with Crippen LogP contribution in [0.5, 0.6) is 5.75 Å². The molecule has 2 aromatic heterocycles. The third kappa shape index (κ3) is 3.56. The summed E-state index contributed by atoms with van der Waals surface area (Å²) in [4.78, 5) is 21.1. The van der Waals surface area contributed by atoms with E-state index in [1.165, 1.54) is 12.5 Å². The van der Waals surface area contributed by atoms with Crippen molar-refractivity contribution in [1.29, 1.82) is 0 Å². The highest BCUT2D eigenvalue weighted by molar-refractivity contribution is 7.90. The Morgan fingerprint density at radius 3 is 2.69 bits per heavy atom. The number of rotatable bonds is 7. The Labute approximate surface area is 187 Å². The standard InChI is InChI=1S/C24H27N3O4S/c1-15(2)31-21-14-26-20(16-5-3-6-16)13-18(21)24(10-11-24)23(28)27-32(29,30)22-8-4-7-19-17(22)9-12-25-19/h4,7-9,12-16,25H,3,5-6,10-11H2,1-2H3,(H,27,28). The number of carbonyl (C=O) groups is 1. The van der Waals surface area contributed by atoms with E-state index in [0.717, 1.165) is 24.1 Å². The van der Waals surface area contributed by atoms with E-state index in [0.29, 0.717) is 35.4 Å². The highest BCUT2D eigenvalue weighted by atomic mass is 32.2. The molecule has 5 rings (SSSR count). The fourth-order valence-corrected chi connectivity index (χ4v) is 5.69. The van der Waals surface area contributed by atoms with Gasteiger partial charge in [-0.15, -0.1) is 0 Å². The first-order valence-electron chi connectivity index (χ1n) is 11.1. The lowest BCUT2D eigenvalue weighted by Crippen LogP contribution is -2.39. The number of sulfonamides is 1. The maximum Gasteiger partial charge on any atom is 0.264 e. The molecule has 3 aromatic rings. The molecule has 32 heavy (non-hydrogen) atoms. The number of amides is 1. The lowest BCUT2D eigenvalue weighted by Gasteiger charge is -2.27. The molecule has 8 heteroatoms. The van der Waals surface area contributed by atoms with Crippen LogP contribution in [-0.2, 0) is 20.2 Å². The maximum atomic E-state index is 13.4. The number of nitrogens with zero attached hydrogens (tertiary/aromatic N) is 1. The van der Waals surface area contributed by atoms with E-state index in [1.54, 1.807) is 30.6 Å². The van der Waals surface area contributed by atoms with Crippen molar-refractivity contribution >= 4 is 26.8 Å². The van der Waals surface area contributed by atoms with E-state index in [9.17, 15) is 13.2 Å². The quantitative estimate of drug-likeness (QED) is 0.560. The molecule has 1 amide bonds. The summed E-state index contributed by atoms with van der Waals surface area (Å²) < 4.78 is 34.7. The number of fused-ring (bicyclic) bond motifs is 1. The number of benzene rings is 1. The van der Waals surface area contributed by atoms with Gasteiger partial charge in [-0.1, -0.05) is 12.5 Å². The first-order valence-corrected chi connectivity index (χ1v) is 12.6. The van der Waals surface area contributed by atoms with Crippen molar-refractivity contribution in [2.24, 2.45) is 0 Å². The summed E-state index contributed by atoms with van der Waals surface area (Å²) in [7, 11) is -4.04. The van der Waals surface area contributed by atoms with Crippen LogP contribution in [-0.4, -0.2) is 30.4 Å². The topological polar surface area (TPSA) is 101 Å². The Hall–Kier alpha value is -2.87. The number of hydrogen-bond donors (Lipinski definition) is 2. The molecule has 0 aliphatic heterocycles. The molecule has 2 heterocycles. The van der Waals surface area contributed by atoms with Gasteiger partial charge in [0.05, 0.1) is 22.6 Å². The second-order valence-electron chi connectivity index (χ2n) is 9.11. The number of H-pyrrole nitrogens is 1. The second-order valence-corrected chi connectivity index (χ2v) is 10.8. The van der Waals surface area contributed by atoms with Gasteiger partial charge in [0.25, 0.3) is 10.0 Å². The Morgan fingerprint density at radius 2 is 2.03 bits per heavy atom. The van der Waals surface area contributed by atoms with Gasteiger partial charge in [-0.2, -0.15) is 0 Å². The largest absolute Gasteiger partial charge is 0.489 e. The van der Waals surface area contributed by atoms with Gasteiger partial charge in [0.1, 0.15) is 5.75 Å². The average molecular weight is 454 g/mol. The summed E-state index contributed by atoms with van der Waals surface area (Å²) in [5.41, 5.74) is 1.50. The monoisotopic (exact) mass is 453 g/mol. The van der Waals surface area contributed by atoms with Crippen LogP contribution in [0.25, 0.3) is 10.9 Å². The van der Waals surface area contributed by atoms with Gasteiger partial charge in [-0.3, -0.25) is 9.78 Å². The van der Waals surface area contributed by atoms with Crippen LogP contribution in [0, 0.1) is 0 Å². The maximum absolute atomic E-state index is 13.4. The van der Waals surface area contributed by atoms with Crippen molar-refractivity contribution < 1.29 is 17.9 Å². The molecule has 0 unspecified atom stereocenters. The highest BCUT2D eigenvalue weighted by Gasteiger charge is 2.54. The fourth-order valence-electron chi connectivity index (χ4n) is 4.42. The SMILES string of the molecule is CC(C)Oc1cnc(C2CCC2)cc1C1(C(=O)NS(=O)(=O)c2cccc3[nH]ccc23)CC1. The fraction of sp³-hybridized carbons (Fsp3) is 0.417.